The number of nitrogens with two attached hydrogens (primary N) is 1. The number of benzene rings is 1. The average molecular weight is 293 g/mol. The summed E-state index contributed by atoms with van der Waals surface area (Å²) in [5.41, 5.74) is 6.81. The molecule has 0 aliphatic carbocycles. The topological polar surface area (TPSA) is 48.1 Å². The normalized spacial score (nSPS) is 12.2. The molecule has 0 aliphatic rings. The number of ether oxygens (including phenoxy) is 1. The number of pyridine rings is 1. The molecule has 1 atom stereocenters. The molecule has 0 radical (unpaired) electrons. The Morgan fingerprint density at radius 2 is 1.94 bits per heavy atom. The van der Waals surface area contributed by atoms with Crippen LogP contribution < -0.4 is 10.5 Å². The van der Waals surface area contributed by atoms with Crippen LogP contribution in [-0.4, -0.2) is 4.98 Å². The lowest BCUT2D eigenvalue weighted by molar-refractivity contribution is 0.461. The fourth-order valence-electron chi connectivity index (χ4n) is 1.39. The van der Waals surface area contributed by atoms with Gasteiger partial charge in [-0.15, -0.1) is 0 Å². The summed E-state index contributed by atoms with van der Waals surface area (Å²) in [5, 5.41) is 0. The van der Waals surface area contributed by atoms with Crippen LogP contribution in [0.4, 0.5) is 0 Å². The Morgan fingerprint density at radius 3 is 2.59 bits per heavy atom. The van der Waals surface area contributed by atoms with Crippen molar-refractivity contribution in [2.45, 2.75) is 13.0 Å². The molecule has 0 amide bonds. The van der Waals surface area contributed by atoms with Crippen molar-refractivity contribution in [1.29, 1.82) is 0 Å². The van der Waals surface area contributed by atoms with Crippen molar-refractivity contribution in [3.63, 3.8) is 0 Å². The van der Waals surface area contributed by atoms with Gasteiger partial charge < -0.3 is 10.5 Å². The maximum Gasteiger partial charge on any atom is 0.219 e. The van der Waals surface area contributed by atoms with Crippen molar-refractivity contribution in [3.8, 4) is 11.6 Å². The van der Waals surface area contributed by atoms with Gasteiger partial charge in [0.1, 0.15) is 5.75 Å². The Labute approximate surface area is 109 Å². The lowest BCUT2D eigenvalue weighted by atomic mass is 10.1. The summed E-state index contributed by atoms with van der Waals surface area (Å²) in [6.45, 7) is 1.93. The zero-order chi connectivity index (χ0) is 12.3. The van der Waals surface area contributed by atoms with Crippen LogP contribution >= 0.6 is 15.9 Å². The first-order valence-electron chi connectivity index (χ1n) is 5.30. The minimum atomic E-state index is -0.0229. The quantitative estimate of drug-likeness (QED) is 0.939. The second-order valence-corrected chi connectivity index (χ2v) is 4.69. The number of hydrogen-bond donors (Lipinski definition) is 1. The Balaban J connectivity index is 2.18. The van der Waals surface area contributed by atoms with Gasteiger partial charge in [-0.1, -0.05) is 15.9 Å². The molecule has 0 aliphatic heterocycles. The molecule has 0 spiro atoms. The molecule has 88 valence electrons. The van der Waals surface area contributed by atoms with E-state index < -0.39 is 0 Å². The molecule has 2 N–H and O–H groups in total. The molecule has 4 heteroatoms. The first-order chi connectivity index (χ1) is 8.15. The molecule has 2 aromatic rings. The summed E-state index contributed by atoms with van der Waals surface area (Å²) in [4.78, 5) is 4.15. The molecule has 0 bridgehead atoms. The molecule has 0 fully saturated rings. The van der Waals surface area contributed by atoms with Crippen LogP contribution in [0.25, 0.3) is 0 Å². The van der Waals surface area contributed by atoms with E-state index in [1.807, 2.05) is 43.3 Å². The maximum absolute atomic E-state index is 5.81. The van der Waals surface area contributed by atoms with E-state index in [1.165, 1.54) is 0 Å². The van der Waals surface area contributed by atoms with Gasteiger partial charge in [0, 0.05) is 22.8 Å². The lowest BCUT2D eigenvalue weighted by Crippen LogP contribution is -2.05. The maximum atomic E-state index is 5.81. The first-order valence-corrected chi connectivity index (χ1v) is 6.09. The number of hydrogen-bond acceptors (Lipinski definition) is 3. The predicted molar refractivity (Wildman–Crippen MR) is 71.1 cm³/mol. The van der Waals surface area contributed by atoms with E-state index in [0.717, 1.165) is 15.8 Å². The van der Waals surface area contributed by atoms with E-state index in [4.69, 9.17) is 10.5 Å². The molecule has 17 heavy (non-hydrogen) atoms. The molecule has 2 rings (SSSR count). The van der Waals surface area contributed by atoms with Gasteiger partial charge >= 0.3 is 0 Å². The van der Waals surface area contributed by atoms with Crippen LogP contribution in [0, 0.1) is 0 Å². The third-order valence-corrected chi connectivity index (χ3v) is 2.85. The molecule has 0 saturated heterocycles. The molecule has 3 nitrogen and oxygen atoms in total. The Morgan fingerprint density at radius 1 is 1.24 bits per heavy atom. The van der Waals surface area contributed by atoms with Crippen molar-refractivity contribution in [2.24, 2.45) is 5.73 Å². The van der Waals surface area contributed by atoms with Crippen LogP contribution in [-0.2, 0) is 0 Å². The highest BCUT2D eigenvalue weighted by atomic mass is 79.9. The SMILES string of the molecule is C[C@@H](N)c1ccnc(Oc2ccc(Br)cc2)c1. The number of nitrogens with zero attached hydrogens (tertiary/aromatic N) is 1. The van der Waals surface area contributed by atoms with Crippen molar-refractivity contribution in [2.75, 3.05) is 0 Å². The highest BCUT2D eigenvalue weighted by molar-refractivity contribution is 9.10. The van der Waals surface area contributed by atoms with Crippen molar-refractivity contribution < 1.29 is 4.74 Å². The molecule has 0 saturated carbocycles. The van der Waals surface area contributed by atoms with Gasteiger partial charge in [-0.05, 0) is 42.8 Å². The lowest BCUT2D eigenvalue weighted by Gasteiger charge is -2.08. The first kappa shape index (κ1) is 12.1. The van der Waals surface area contributed by atoms with Crippen molar-refractivity contribution >= 4 is 15.9 Å². The van der Waals surface area contributed by atoms with Crippen LogP contribution in [0.15, 0.2) is 47.1 Å². The summed E-state index contributed by atoms with van der Waals surface area (Å²) in [6.07, 6.45) is 1.70. The van der Waals surface area contributed by atoms with Crippen LogP contribution in [0.5, 0.6) is 11.6 Å². The summed E-state index contributed by atoms with van der Waals surface area (Å²) in [5.74, 6) is 1.31. The van der Waals surface area contributed by atoms with Gasteiger partial charge in [-0.3, -0.25) is 0 Å². The van der Waals surface area contributed by atoms with E-state index in [0.29, 0.717) is 5.88 Å². The van der Waals surface area contributed by atoms with Gasteiger partial charge in [-0.2, -0.15) is 0 Å². The number of rotatable bonds is 3. The van der Waals surface area contributed by atoms with Gasteiger partial charge in [0.05, 0.1) is 0 Å². The largest absolute Gasteiger partial charge is 0.439 e. The van der Waals surface area contributed by atoms with Crippen LogP contribution in [0.1, 0.15) is 18.5 Å². The van der Waals surface area contributed by atoms with E-state index in [1.54, 1.807) is 6.20 Å². The Kier molecular flexibility index (Phi) is 3.76. The highest BCUT2D eigenvalue weighted by Gasteiger charge is 2.03. The molecule has 1 aromatic carbocycles. The summed E-state index contributed by atoms with van der Waals surface area (Å²) < 4.78 is 6.65. The van der Waals surface area contributed by atoms with Crippen LogP contribution in [0.3, 0.4) is 0 Å². The summed E-state index contributed by atoms with van der Waals surface area (Å²) in [6, 6.07) is 11.3. The zero-order valence-electron chi connectivity index (χ0n) is 9.43. The molecule has 1 heterocycles. The fraction of sp³-hybridized carbons (Fsp3) is 0.154. The molecule has 1 aromatic heterocycles. The monoisotopic (exact) mass is 292 g/mol. The molecular weight excluding hydrogens is 280 g/mol. The van der Waals surface area contributed by atoms with Crippen LogP contribution in [0.2, 0.25) is 0 Å². The van der Waals surface area contributed by atoms with Gasteiger partial charge in [0.15, 0.2) is 0 Å². The van der Waals surface area contributed by atoms with Gasteiger partial charge in [0.2, 0.25) is 5.88 Å². The standard InChI is InChI=1S/C13H13BrN2O/c1-9(15)10-6-7-16-13(8-10)17-12-4-2-11(14)3-5-12/h2-9H,15H2,1H3/t9-/m1/s1. The molecular formula is C13H13BrN2O. The zero-order valence-corrected chi connectivity index (χ0v) is 11.0. The second kappa shape index (κ2) is 5.29. The highest BCUT2D eigenvalue weighted by Crippen LogP contribution is 2.23. The van der Waals surface area contributed by atoms with Crippen molar-refractivity contribution in [3.05, 3.63) is 52.6 Å². The fourth-order valence-corrected chi connectivity index (χ4v) is 1.65. The third kappa shape index (κ3) is 3.28. The Bertz CT molecular complexity index is 497. The van der Waals surface area contributed by atoms with E-state index in [-0.39, 0.29) is 6.04 Å². The smallest absolute Gasteiger partial charge is 0.219 e. The molecule has 0 unspecified atom stereocenters. The minimum absolute atomic E-state index is 0.0229. The predicted octanol–water partition coefficient (Wildman–Crippen LogP) is 3.66. The van der Waals surface area contributed by atoms with Gasteiger partial charge in [0.25, 0.3) is 0 Å². The summed E-state index contributed by atoms with van der Waals surface area (Å²) >= 11 is 3.37. The third-order valence-electron chi connectivity index (χ3n) is 2.32. The average Bonchev–Trinajstić information content (AvgIpc) is 2.32. The van der Waals surface area contributed by atoms with E-state index in [2.05, 4.69) is 20.9 Å². The number of halogens is 1. The number of aromatic nitrogens is 1. The van der Waals surface area contributed by atoms with E-state index in [9.17, 15) is 0 Å². The second-order valence-electron chi connectivity index (χ2n) is 3.77. The van der Waals surface area contributed by atoms with Gasteiger partial charge in [-0.25, -0.2) is 4.98 Å². The summed E-state index contributed by atoms with van der Waals surface area (Å²) in [7, 11) is 0. The van der Waals surface area contributed by atoms with E-state index >= 15 is 0 Å². The Hall–Kier alpha value is -1.39. The minimum Gasteiger partial charge on any atom is -0.439 e. The van der Waals surface area contributed by atoms with Crippen molar-refractivity contribution in [1.82, 2.24) is 4.98 Å².